The summed E-state index contributed by atoms with van der Waals surface area (Å²) in [5, 5.41) is 0. The molecule has 0 spiro atoms. The molecule has 0 aliphatic carbocycles. The molecule has 2 aromatic carbocycles. The number of amides is 1. The van der Waals surface area contributed by atoms with E-state index in [1.165, 1.54) is 21.1 Å². The number of rotatable bonds is 3. The largest absolute Gasteiger partial charge is 0.368 e. The van der Waals surface area contributed by atoms with Crippen molar-refractivity contribution in [2.75, 3.05) is 47.7 Å². The van der Waals surface area contributed by atoms with Gasteiger partial charge in [-0.1, -0.05) is 24.6 Å². The van der Waals surface area contributed by atoms with Crippen LogP contribution in [0.15, 0.2) is 42.5 Å². The fourth-order valence-electron chi connectivity index (χ4n) is 4.43. The molecule has 4 rings (SSSR count). The number of aryl methyl sites for hydroxylation is 2. The van der Waals surface area contributed by atoms with Gasteiger partial charge in [-0.05, 0) is 55.7 Å². The van der Waals surface area contributed by atoms with Gasteiger partial charge >= 0.3 is 0 Å². The molecule has 0 bridgehead atoms. The molecular weight excluding hydrogens is 398 g/mol. The maximum absolute atomic E-state index is 12.9. The molecular formula is C23H29N3O3S. The number of carbonyl (C=O) groups is 1. The van der Waals surface area contributed by atoms with Crippen LogP contribution in [0.4, 0.5) is 11.4 Å². The summed E-state index contributed by atoms with van der Waals surface area (Å²) in [5.41, 5.74) is 4.98. The molecule has 0 unspecified atom stereocenters. The quantitative estimate of drug-likeness (QED) is 0.755. The van der Waals surface area contributed by atoms with Crippen LogP contribution in [0.1, 0.15) is 28.4 Å². The molecule has 0 aromatic heterocycles. The first-order chi connectivity index (χ1) is 14.2. The van der Waals surface area contributed by atoms with E-state index >= 15 is 0 Å². The molecule has 0 saturated carbocycles. The fraction of sp³-hybridized carbons (Fsp3) is 0.435. The van der Waals surface area contributed by atoms with Crippen molar-refractivity contribution in [3.8, 4) is 0 Å². The summed E-state index contributed by atoms with van der Waals surface area (Å²) in [4.78, 5) is 17.2. The van der Waals surface area contributed by atoms with Crippen molar-refractivity contribution in [1.82, 2.24) is 4.90 Å². The Bertz CT molecular complexity index is 1040. The number of anilines is 2. The second-order valence-corrected chi connectivity index (χ2v) is 10.5. The summed E-state index contributed by atoms with van der Waals surface area (Å²) < 4.78 is 26.0. The average molecular weight is 428 g/mol. The molecule has 0 N–H and O–H groups in total. The van der Waals surface area contributed by atoms with Crippen molar-refractivity contribution in [1.29, 1.82) is 0 Å². The van der Waals surface area contributed by atoms with Gasteiger partial charge < -0.3 is 9.80 Å². The molecule has 1 amide bonds. The Kier molecular flexibility index (Phi) is 5.49. The highest BCUT2D eigenvalue weighted by molar-refractivity contribution is 7.93. The molecule has 6 nitrogen and oxygen atoms in total. The Hall–Kier alpha value is -2.54. The van der Waals surface area contributed by atoms with Gasteiger partial charge in [0.25, 0.3) is 5.91 Å². The van der Waals surface area contributed by atoms with Crippen LogP contribution in [0.25, 0.3) is 0 Å². The number of carbonyl (C=O) groups excluding carboxylic acids is 1. The maximum atomic E-state index is 12.9. The molecule has 7 heteroatoms. The summed E-state index contributed by atoms with van der Waals surface area (Å²) in [6.07, 6.45) is 0. The summed E-state index contributed by atoms with van der Waals surface area (Å²) in [6, 6.07) is 13.5. The molecule has 2 aliphatic rings. The van der Waals surface area contributed by atoms with Gasteiger partial charge in [0, 0.05) is 44.0 Å². The van der Waals surface area contributed by atoms with Crippen LogP contribution in [-0.4, -0.2) is 57.7 Å². The minimum absolute atomic E-state index is 0.000486. The smallest absolute Gasteiger partial charge is 0.253 e. The lowest BCUT2D eigenvalue weighted by molar-refractivity contribution is 0.0747. The fourth-order valence-corrected chi connectivity index (χ4v) is 6.36. The highest BCUT2D eigenvalue weighted by atomic mass is 32.2. The Balaban J connectivity index is 1.41. The van der Waals surface area contributed by atoms with E-state index < -0.39 is 10.0 Å². The molecule has 2 saturated heterocycles. The lowest BCUT2D eigenvalue weighted by atomic mass is 10.1. The number of hydrogen-bond acceptors (Lipinski definition) is 4. The molecule has 2 aromatic rings. The molecule has 1 atom stereocenters. The predicted octanol–water partition coefficient (Wildman–Crippen LogP) is 3.05. The lowest BCUT2D eigenvalue weighted by Gasteiger charge is -2.37. The first-order valence-corrected chi connectivity index (χ1v) is 12.1. The molecule has 2 heterocycles. The van der Waals surface area contributed by atoms with E-state index in [1.807, 2.05) is 11.8 Å². The van der Waals surface area contributed by atoms with E-state index in [0.717, 1.165) is 13.1 Å². The molecule has 160 valence electrons. The van der Waals surface area contributed by atoms with Gasteiger partial charge in [-0.15, -0.1) is 0 Å². The first-order valence-electron chi connectivity index (χ1n) is 10.5. The van der Waals surface area contributed by atoms with Crippen molar-refractivity contribution < 1.29 is 13.2 Å². The van der Waals surface area contributed by atoms with Crippen molar-refractivity contribution >= 4 is 27.3 Å². The van der Waals surface area contributed by atoms with Crippen LogP contribution >= 0.6 is 0 Å². The molecule has 30 heavy (non-hydrogen) atoms. The van der Waals surface area contributed by atoms with E-state index in [2.05, 4.69) is 36.9 Å². The maximum Gasteiger partial charge on any atom is 0.253 e. The van der Waals surface area contributed by atoms with E-state index in [0.29, 0.717) is 30.9 Å². The van der Waals surface area contributed by atoms with Gasteiger partial charge in [-0.25, -0.2) is 8.42 Å². The van der Waals surface area contributed by atoms with E-state index in [-0.39, 0.29) is 17.6 Å². The summed E-state index contributed by atoms with van der Waals surface area (Å²) in [5.74, 6) is 0.294. The van der Waals surface area contributed by atoms with E-state index in [1.54, 1.807) is 24.3 Å². The second-order valence-electron chi connectivity index (χ2n) is 8.53. The zero-order chi connectivity index (χ0) is 21.5. The van der Waals surface area contributed by atoms with E-state index in [9.17, 15) is 13.2 Å². The van der Waals surface area contributed by atoms with Gasteiger partial charge in [0.05, 0.1) is 11.4 Å². The summed E-state index contributed by atoms with van der Waals surface area (Å²) >= 11 is 0. The van der Waals surface area contributed by atoms with Crippen LogP contribution in [0, 0.1) is 19.8 Å². The number of hydrogen-bond donors (Lipinski definition) is 0. The highest BCUT2D eigenvalue weighted by Gasteiger charge is 2.33. The van der Waals surface area contributed by atoms with E-state index in [4.69, 9.17) is 0 Å². The number of sulfonamides is 1. The minimum atomic E-state index is -3.25. The third-order valence-corrected chi connectivity index (χ3v) is 7.99. The second kappa shape index (κ2) is 7.95. The summed E-state index contributed by atoms with van der Waals surface area (Å²) in [7, 11) is -3.25. The molecule has 0 radical (unpaired) electrons. The third kappa shape index (κ3) is 4.03. The predicted molar refractivity (Wildman–Crippen MR) is 121 cm³/mol. The molecule has 2 aliphatic heterocycles. The van der Waals surface area contributed by atoms with Gasteiger partial charge in [0.1, 0.15) is 0 Å². The standard InChI is InChI=1S/C23H29N3O3S/c1-17-4-9-22(19(3)14-17)24-10-12-25(13-11-24)23(27)20-5-7-21(8-6-20)26-15-18(2)16-30(26,28)29/h4-9,14,18H,10-13,15-16H2,1-3H3/t18-/m1/s1. The number of piperazine rings is 1. The van der Waals surface area contributed by atoms with Crippen LogP contribution in [0.3, 0.4) is 0 Å². The Morgan fingerprint density at radius 2 is 1.63 bits per heavy atom. The van der Waals surface area contributed by atoms with Crippen LogP contribution in [0.5, 0.6) is 0 Å². The highest BCUT2D eigenvalue weighted by Crippen LogP contribution is 2.27. The Labute approximate surface area is 179 Å². The minimum Gasteiger partial charge on any atom is -0.368 e. The normalized spacial score (nSPS) is 21.2. The topological polar surface area (TPSA) is 60.9 Å². The first kappa shape index (κ1) is 20.7. The Morgan fingerprint density at radius 3 is 2.20 bits per heavy atom. The Morgan fingerprint density at radius 1 is 0.967 bits per heavy atom. The van der Waals surface area contributed by atoms with Crippen molar-refractivity contribution in [3.63, 3.8) is 0 Å². The zero-order valence-electron chi connectivity index (χ0n) is 17.8. The third-order valence-electron chi connectivity index (χ3n) is 5.97. The monoisotopic (exact) mass is 427 g/mol. The zero-order valence-corrected chi connectivity index (χ0v) is 18.7. The summed E-state index contributed by atoms with van der Waals surface area (Å²) in [6.45, 7) is 9.61. The van der Waals surface area contributed by atoms with Crippen molar-refractivity contribution in [3.05, 3.63) is 59.2 Å². The number of benzene rings is 2. The van der Waals surface area contributed by atoms with Crippen molar-refractivity contribution in [2.45, 2.75) is 20.8 Å². The van der Waals surface area contributed by atoms with Gasteiger partial charge in [-0.2, -0.15) is 0 Å². The van der Waals surface area contributed by atoms with Crippen LogP contribution < -0.4 is 9.21 Å². The lowest BCUT2D eigenvalue weighted by Crippen LogP contribution is -2.49. The van der Waals surface area contributed by atoms with Gasteiger partial charge in [0.2, 0.25) is 10.0 Å². The van der Waals surface area contributed by atoms with Gasteiger partial charge in [-0.3, -0.25) is 9.10 Å². The number of nitrogens with zero attached hydrogens (tertiary/aromatic N) is 3. The van der Waals surface area contributed by atoms with Crippen LogP contribution in [-0.2, 0) is 10.0 Å². The SMILES string of the molecule is Cc1ccc(N2CCN(C(=O)c3ccc(N4C[C@@H](C)CS4(=O)=O)cc3)CC2)c(C)c1. The molecule has 2 fully saturated rings. The van der Waals surface area contributed by atoms with Gasteiger partial charge in [0.15, 0.2) is 0 Å². The van der Waals surface area contributed by atoms with Crippen LogP contribution in [0.2, 0.25) is 0 Å². The van der Waals surface area contributed by atoms with Crippen molar-refractivity contribution in [2.24, 2.45) is 5.92 Å². The average Bonchev–Trinajstić information content (AvgIpc) is 3.00.